The molecule has 1 aliphatic heterocycles. The van der Waals surface area contributed by atoms with Crippen LogP contribution in [0.25, 0.3) is 0 Å². The molecule has 1 heterocycles. The molecular weight excluding hydrogens is 337 g/mol. The van der Waals surface area contributed by atoms with Gasteiger partial charge in [0.2, 0.25) is 0 Å². The number of rotatable bonds is 1. The van der Waals surface area contributed by atoms with Gasteiger partial charge in [-0.15, -0.1) is 0 Å². The fraction of sp³-hybridized carbons (Fsp3) is 0.417. The Labute approximate surface area is 127 Å². The first-order chi connectivity index (χ1) is 9.55. The number of amides is 1. The maximum Gasteiger partial charge on any atom is 0.419 e. The van der Waals surface area contributed by atoms with Gasteiger partial charge in [0.1, 0.15) is 5.82 Å². The van der Waals surface area contributed by atoms with Gasteiger partial charge in [0, 0.05) is 13.0 Å². The Bertz CT molecular complexity index is 593. The molecule has 1 fully saturated rings. The summed E-state index contributed by atoms with van der Waals surface area (Å²) in [7, 11) is 0. The van der Waals surface area contributed by atoms with Gasteiger partial charge >= 0.3 is 6.18 Å². The van der Waals surface area contributed by atoms with E-state index >= 15 is 0 Å². The molecule has 1 aromatic carbocycles. The van der Waals surface area contributed by atoms with Crippen molar-refractivity contribution in [2.75, 3.05) is 13.1 Å². The molecule has 1 atom stereocenters. The third kappa shape index (κ3) is 2.95. The summed E-state index contributed by atoms with van der Waals surface area (Å²) in [5.74, 6) is -1.80. The zero-order chi connectivity index (χ0) is 16.0. The molecule has 0 aliphatic carbocycles. The first-order valence-electron chi connectivity index (χ1n) is 5.78. The predicted octanol–water partition coefficient (Wildman–Crippen LogP) is 3.27. The monoisotopic (exact) mass is 345 g/mol. The Morgan fingerprint density at radius 2 is 1.90 bits per heavy atom. The van der Waals surface area contributed by atoms with E-state index in [2.05, 4.69) is 0 Å². The average molecular weight is 346 g/mol. The highest BCUT2D eigenvalue weighted by Crippen LogP contribution is 2.38. The van der Waals surface area contributed by atoms with Crippen LogP contribution in [0.4, 0.5) is 17.6 Å². The number of hydrogen-bond acceptors (Lipinski definition) is 2. The van der Waals surface area contributed by atoms with E-state index in [0.717, 1.165) is 17.0 Å². The van der Waals surface area contributed by atoms with Crippen molar-refractivity contribution in [3.05, 3.63) is 33.6 Å². The molecule has 9 heteroatoms. The van der Waals surface area contributed by atoms with Gasteiger partial charge in [0.25, 0.3) is 5.91 Å². The highest BCUT2D eigenvalue weighted by Gasteiger charge is 2.57. The highest BCUT2D eigenvalue weighted by molar-refractivity contribution is 6.36. The minimum absolute atomic E-state index is 0.172. The fourth-order valence-electron chi connectivity index (χ4n) is 2.06. The first-order valence-corrected chi connectivity index (χ1v) is 6.54. The Balaban J connectivity index is 2.25. The molecule has 2 rings (SSSR count). The van der Waals surface area contributed by atoms with Crippen LogP contribution >= 0.6 is 23.2 Å². The van der Waals surface area contributed by atoms with E-state index in [-0.39, 0.29) is 22.2 Å². The molecule has 1 N–H and O–H groups in total. The number of alkyl halides is 3. The summed E-state index contributed by atoms with van der Waals surface area (Å²) in [6.45, 7) is -1.23. The van der Waals surface area contributed by atoms with Crippen LogP contribution in [-0.2, 0) is 0 Å². The lowest BCUT2D eigenvalue weighted by Gasteiger charge is -2.26. The summed E-state index contributed by atoms with van der Waals surface area (Å²) < 4.78 is 51.4. The minimum atomic E-state index is -4.85. The third-order valence-electron chi connectivity index (χ3n) is 3.30. The molecule has 116 valence electrons. The largest absolute Gasteiger partial charge is 0.419 e. The number of hydrogen-bond donors (Lipinski definition) is 1. The molecule has 1 unspecified atom stereocenters. The summed E-state index contributed by atoms with van der Waals surface area (Å²) in [5, 5.41) is 9.04. The quantitative estimate of drug-likeness (QED) is 0.626. The van der Waals surface area contributed by atoms with Crippen LogP contribution < -0.4 is 0 Å². The maximum atomic E-state index is 13.4. The zero-order valence-corrected chi connectivity index (χ0v) is 11.9. The molecule has 21 heavy (non-hydrogen) atoms. The molecule has 0 spiro atoms. The van der Waals surface area contributed by atoms with Crippen molar-refractivity contribution in [3.63, 3.8) is 0 Å². The van der Waals surface area contributed by atoms with E-state index in [1.165, 1.54) is 0 Å². The lowest BCUT2D eigenvalue weighted by molar-refractivity contribution is -0.253. The van der Waals surface area contributed by atoms with Crippen LogP contribution in [0.3, 0.4) is 0 Å². The van der Waals surface area contributed by atoms with Gasteiger partial charge < -0.3 is 10.0 Å². The molecule has 0 radical (unpaired) electrons. The summed E-state index contributed by atoms with van der Waals surface area (Å²) in [4.78, 5) is 12.9. The van der Waals surface area contributed by atoms with Gasteiger partial charge in [0.05, 0.1) is 22.2 Å². The number of benzene rings is 1. The number of nitrogens with zero attached hydrogens (tertiary/aromatic N) is 1. The van der Waals surface area contributed by atoms with E-state index < -0.39 is 36.5 Å². The second-order valence-corrected chi connectivity index (χ2v) is 5.57. The smallest absolute Gasteiger partial charge is 0.379 e. The molecule has 0 saturated carbocycles. The van der Waals surface area contributed by atoms with Crippen molar-refractivity contribution in [1.29, 1.82) is 0 Å². The molecule has 1 aliphatic rings. The van der Waals surface area contributed by atoms with Gasteiger partial charge in [-0.1, -0.05) is 23.2 Å². The summed E-state index contributed by atoms with van der Waals surface area (Å²) in [6, 6.07) is 1.76. The molecular formula is C12H9Cl2F4NO2. The van der Waals surface area contributed by atoms with Crippen molar-refractivity contribution >= 4 is 29.1 Å². The fourth-order valence-corrected chi connectivity index (χ4v) is 2.52. The second-order valence-electron chi connectivity index (χ2n) is 4.75. The van der Waals surface area contributed by atoms with Crippen LogP contribution in [0.1, 0.15) is 16.8 Å². The number of carbonyl (C=O) groups excluding carboxylic acids is 1. The SMILES string of the molecule is O=C(c1cc(F)c(Cl)cc1Cl)N1CCC(O)(C(F)(F)F)C1. The van der Waals surface area contributed by atoms with Crippen LogP contribution in [0.2, 0.25) is 10.0 Å². The normalized spacial score (nSPS) is 22.7. The van der Waals surface area contributed by atoms with Gasteiger partial charge in [0.15, 0.2) is 5.60 Å². The van der Waals surface area contributed by atoms with Crippen molar-refractivity contribution < 1.29 is 27.5 Å². The number of likely N-dealkylation sites (tertiary alicyclic amines) is 1. The molecule has 1 aromatic rings. The van der Waals surface area contributed by atoms with E-state index in [4.69, 9.17) is 23.2 Å². The van der Waals surface area contributed by atoms with Crippen molar-refractivity contribution in [3.8, 4) is 0 Å². The van der Waals surface area contributed by atoms with Gasteiger partial charge in [-0.25, -0.2) is 4.39 Å². The summed E-state index contributed by atoms with van der Waals surface area (Å²) >= 11 is 11.2. The zero-order valence-electron chi connectivity index (χ0n) is 10.3. The Morgan fingerprint density at radius 1 is 1.29 bits per heavy atom. The number of carbonyl (C=O) groups is 1. The van der Waals surface area contributed by atoms with Gasteiger partial charge in [-0.3, -0.25) is 4.79 Å². The predicted molar refractivity (Wildman–Crippen MR) is 67.9 cm³/mol. The van der Waals surface area contributed by atoms with Crippen LogP contribution in [0.15, 0.2) is 12.1 Å². The van der Waals surface area contributed by atoms with E-state index in [0.29, 0.717) is 0 Å². The van der Waals surface area contributed by atoms with Crippen LogP contribution in [-0.4, -0.2) is 40.8 Å². The number of β-amino-alcohol motifs (C(OH)–C–C–N with tert-alkyl or cyclic N) is 1. The molecule has 3 nitrogen and oxygen atoms in total. The summed E-state index contributed by atoms with van der Waals surface area (Å²) in [6.07, 6.45) is -5.49. The van der Waals surface area contributed by atoms with Crippen molar-refractivity contribution in [1.82, 2.24) is 4.90 Å². The molecule has 1 amide bonds. The molecule has 0 bridgehead atoms. The van der Waals surface area contributed by atoms with Crippen LogP contribution in [0, 0.1) is 5.82 Å². The Kier molecular flexibility index (Phi) is 4.12. The third-order valence-corrected chi connectivity index (χ3v) is 3.91. The van der Waals surface area contributed by atoms with Crippen molar-refractivity contribution in [2.45, 2.75) is 18.2 Å². The van der Waals surface area contributed by atoms with Gasteiger partial charge in [-0.05, 0) is 12.1 Å². The molecule has 0 aromatic heterocycles. The summed E-state index contributed by atoms with van der Waals surface area (Å²) in [5.41, 5.74) is -3.26. The lowest BCUT2D eigenvalue weighted by atomic mass is 10.0. The molecule has 1 saturated heterocycles. The maximum absolute atomic E-state index is 13.4. The van der Waals surface area contributed by atoms with Crippen molar-refractivity contribution in [2.24, 2.45) is 0 Å². The minimum Gasteiger partial charge on any atom is -0.379 e. The highest BCUT2D eigenvalue weighted by atomic mass is 35.5. The Morgan fingerprint density at radius 3 is 2.43 bits per heavy atom. The standard InChI is InChI=1S/C12H9Cl2F4NO2/c13-7-4-8(14)9(15)3-6(7)10(20)19-2-1-11(21,5-19)12(16,17)18/h3-4,21H,1-2,5H2. The van der Waals surface area contributed by atoms with E-state index in [9.17, 15) is 27.5 Å². The second kappa shape index (κ2) is 5.30. The number of aliphatic hydroxyl groups is 1. The van der Waals surface area contributed by atoms with Crippen LogP contribution in [0.5, 0.6) is 0 Å². The lowest BCUT2D eigenvalue weighted by Crippen LogP contribution is -2.48. The van der Waals surface area contributed by atoms with Gasteiger partial charge in [-0.2, -0.15) is 13.2 Å². The topological polar surface area (TPSA) is 40.5 Å². The van der Waals surface area contributed by atoms with E-state index in [1.54, 1.807) is 0 Å². The first kappa shape index (κ1) is 16.3. The number of halogens is 6. The average Bonchev–Trinajstić information content (AvgIpc) is 2.76. The Hall–Kier alpha value is -1.05. The van der Waals surface area contributed by atoms with E-state index in [1.807, 2.05) is 0 Å².